The zero-order valence-corrected chi connectivity index (χ0v) is 19.7. The fourth-order valence-corrected chi connectivity index (χ4v) is 4.98. The maximum atomic E-state index is 13.1. The largest absolute Gasteiger partial charge is 0.455 e. The van der Waals surface area contributed by atoms with Crippen LogP contribution in [0.25, 0.3) is 0 Å². The van der Waals surface area contributed by atoms with Gasteiger partial charge in [0.1, 0.15) is 5.69 Å². The Kier molecular flexibility index (Phi) is 7.21. The Hall–Kier alpha value is -4.05. The van der Waals surface area contributed by atoms with Gasteiger partial charge in [-0.2, -0.15) is 0 Å². The molecule has 10 heteroatoms. The van der Waals surface area contributed by atoms with Crippen LogP contribution >= 0.6 is 11.3 Å². The maximum absolute atomic E-state index is 13.1. The van der Waals surface area contributed by atoms with Crippen molar-refractivity contribution in [3.8, 4) is 0 Å². The number of para-hydroxylation sites is 2. The Labute approximate surface area is 205 Å². The van der Waals surface area contributed by atoms with E-state index in [0.29, 0.717) is 5.69 Å². The highest BCUT2D eigenvalue weighted by Gasteiger charge is 2.43. The number of nitro benzene ring substituents is 1. The molecule has 1 aliphatic heterocycles. The number of nitrogens with one attached hydrogen (secondary N) is 1. The lowest BCUT2D eigenvalue weighted by molar-refractivity contribution is -0.383. The van der Waals surface area contributed by atoms with Crippen LogP contribution in [-0.4, -0.2) is 29.3 Å². The second-order valence-electron chi connectivity index (χ2n) is 8.13. The molecule has 0 unspecified atom stereocenters. The number of nitrogens with zero attached hydrogens (tertiary/aromatic N) is 2. The van der Waals surface area contributed by atoms with Crippen molar-refractivity contribution in [1.82, 2.24) is 0 Å². The van der Waals surface area contributed by atoms with Gasteiger partial charge in [0.2, 0.25) is 5.91 Å². The van der Waals surface area contributed by atoms with Crippen LogP contribution in [0.3, 0.4) is 0 Å². The first-order valence-corrected chi connectivity index (χ1v) is 11.8. The summed E-state index contributed by atoms with van der Waals surface area (Å²) in [7, 11) is 0. The number of nitro groups is 1. The van der Waals surface area contributed by atoms with E-state index >= 15 is 0 Å². The van der Waals surface area contributed by atoms with Crippen molar-refractivity contribution >= 4 is 46.2 Å². The van der Waals surface area contributed by atoms with Gasteiger partial charge >= 0.3 is 5.97 Å². The van der Waals surface area contributed by atoms with Crippen molar-refractivity contribution < 1.29 is 24.0 Å². The highest BCUT2D eigenvalue weighted by Crippen LogP contribution is 2.42. The summed E-state index contributed by atoms with van der Waals surface area (Å²) in [5, 5.41) is 15.4. The van der Waals surface area contributed by atoms with Gasteiger partial charge in [0.05, 0.1) is 16.9 Å². The van der Waals surface area contributed by atoms with Crippen molar-refractivity contribution in [2.24, 2.45) is 5.92 Å². The van der Waals surface area contributed by atoms with E-state index in [1.165, 1.54) is 29.5 Å². The number of hydrogen-bond acceptors (Lipinski definition) is 7. The van der Waals surface area contributed by atoms with Crippen LogP contribution in [0.5, 0.6) is 0 Å². The first-order valence-electron chi connectivity index (χ1n) is 11.0. The molecule has 0 spiro atoms. The number of hydrogen-bond donors (Lipinski definition) is 1. The van der Waals surface area contributed by atoms with E-state index in [9.17, 15) is 24.5 Å². The number of anilines is 2. The Morgan fingerprint density at radius 2 is 1.89 bits per heavy atom. The molecule has 0 saturated carbocycles. The zero-order chi connectivity index (χ0) is 24.9. The van der Waals surface area contributed by atoms with Gasteiger partial charge in [-0.3, -0.25) is 24.5 Å². The van der Waals surface area contributed by atoms with E-state index in [2.05, 4.69) is 5.32 Å². The quantitative estimate of drug-likeness (QED) is 0.291. The Balaban J connectivity index is 1.51. The lowest BCUT2D eigenvalue weighted by Gasteiger charge is -2.39. The molecule has 2 aromatic carbocycles. The Morgan fingerprint density at radius 3 is 2.57 bits per heavy atom. The van der Waals surface area contributed by atoms with Crippen LogP contribution in [0.1, 0.15) is 29.3 Å². The van der Waals surface area contributed by atoms with E-state index in [1.54, 1.807) is 11.0 Å². The van der Waals surface area contributed by atoms with Gasteiger partial charge < -0.3 is 15.0 Å². The highest BCUT2D eigenvalue weighted by molar-refractivity contribution is 7.10. The third-order valence-corrected chi connectivity index (χ3v) is 6.71. The first-order chi connectivity index (χ1) is 16.8. The summed E-state index contributed by atoms with van der Waals surface area (Å²) < 4.78 is 5.33. The van der Waals surface area contributed by atoms with E-state index in [-0.39, 0.29) is 30.1 Å². The minimum atomic E-state index is -0.692. The van der Waals surface area contributed by atoms with E-state index in [0.717, 1.165) is 10.4 Å². The van der Waals surface area contributed by atoms with Crippen LogP contribution in [0.4, 0.5) is 17.1 Å². The van der Waals surface area contributed by atoms with Crippen molar-refractivity contribution in [2.45, 2.75) is 25.8 Å². The molecule has 4 rings (SSSR count). The number of aryl methyl sites for hydroxylation is 1. The van der Waals surface area contributed by atoms with E-state index < -0.39 is 35.4 Å². The lowest BCUT2D eigenvalue weighted by Crippen LogP contribution is -2.46. The van der Waals surface area contributed by atoms with Crippen LogP contribution in [0.15, 0.2) is 66.0 Å². The molecule has 1 fully saturated rings. The van der Waals surface area contributed by atoms with Crippen LogP contribution in [-0.2, 0) is 19.1 Å². The summed E-state index contributed by atoms with van der Waals surface area (Å²) >= 11 is 1.44. The van der Waals surface area contributed by atoms with Gasteiger partial charge in [-0.15, -0.1) is 11.3 Å². The van der Waals surface area contributed by atoms with E-state index in [4.69, 9.17) is 4.74 Å². The van der Waals surface area contributed by atoms with E-state index in [1.807, 2.05) is 48.7 Å². The molecular weight excluding hydrogens is 470 g/mol. The van der Waals surface area contributed by atoms with Crippen LogP contribution < -0.4 is 10.2 Å². The molecule has 0 bridgehead atoms. The summed E-state index contributed by atoms with van der Waals surface area (Å²) in [6.07, 6.45) is 0.451. The number of benzene rings is 2. The molecule has 1 aliphatic rings. The minimum Gasteiger partial charge on any atom is -0.455 e. The molecule has 35 heavy (non-hydrogen) atoms. The molecule has 1 saturated heterocycles. The molecule has 2 amide bonds. The summed E-state index contributed by atoms with van der Waals surface area (Å²) in [4.78, 5) is 51.5. The number of carbonyl (C=O) groups excluding carboxylic acids is 3. The van der Waals surface area contributed by atoms with Crippen LogP contribution in [0.2, 0.25) is 0 Å². The maximum Gasteiger partial charge on any atom is 0.311 e. The average molecular weight is 494 g/mol. The SMILES string of the molecule is Cc1ccc(N2C(=O)CC[C@H](C(=O)OCC(=O)Nc3ccccc3[N+](=O)[O-])[C@@H]2c2cccs2)cc1. The number of amides is 2. The Bertz CT molecular complexity index is 1240. The molecular formula is C25H23N3O6S. The summed E-state index contributed by atoms with van der Waals surface area (Å²) in [5.74, 6) is -2.06. The fraction of sp³-hybridized carbons (Fsp3) is 0.240. The smallest absolute Gasteiger partial charge is 0.311 e. The molecule has 2 heterocycles. The predicted octanol–water partition coefficient (Wildman–Crippen LogP) is 4.63. The number of rotatable bonds is 7. The summed E-state index contributed by atoms with van der Waals surface area (Å²) in [5.41, 5.74) is 1.49. The molecule has 0 radical (unpaired) electrons. The number of thiophene rings is 1. The Morgan fingerprint density at radius 1 is 1.14 bits per heavy atom. The minimum absolute atomic E-state index is 0.0174. The van der Waals surface area contributed by atoms with Crippen molar-refractivity contribution in [3.05, 3.63) is 86.6 Å². The van der Waals surface area contributed by atoms with Gasteiger partial charge in [0, 0.05) is 23.1 Å². The second-order valence-corrected chi connectivity index (χ2v) is 9.11. The normalized spacial score (nSPS) is 17.6. The standard InChI is InChI=1S/C25H23N3O6S/c1-16-8-10-17(11-9-16)27-23(30)13-12-18(24(27)21-7-4-14-35-21)25(31)34-15-22(29)26-19-5-2-3-6-20(19)28(32)33/h2-11,14,18,24H,12-13,15H2,1H3,(H,26,29)/t18-,24+/m0/s1. The molecule has 2 atom stereocenters. The molecule has 1 N–H and O–H groups in total. The number of esters is 1. The van der Waals surface area contributed by atoms with Gasteiger partial charge in [0.15, 0.2) is 6.61 Å². The molecule has 3 aromatic rings. The number of carbonyl (C=O) groups is 3. The van der Waals surface area contributed by atoms with Gasteiger partial charge in [-0.1, -0.05) is 35.9 Å². The average Bonchev–Trinajstić information content (AvgIpc) is 3.38. The summed E-state index contributed by atoms with van der Waals surface area (Å²) in [6.45, 7) is 1.35. The number of piperidine rings is 1. The molecule has 9 nitrogen and oxygen atoms in total. The van der Waals surface area contributed by atoms with Crippen molar-refractivity contribution in [2.75, 3.05) is 16.8 Å². The lowest BCUT2D eigenvalue weighted by atomic mass is 9.87. The second kappa shape index (κ2) is 10.5. The topological polar surface area (TPSA) is 119 Å². The first kappa shape index (κ1) is 24.1. The molecule has 180 valence electrons. The van der Waals surface area contributed by atoms with Crippen LogP contribution in [0, 0.1) is 23.0 Å². The highest BCUT2D eigenvalue weighted by atomic mass is 32.1. The van der Waals surface area contributed by atoms with Gasteiger partial charge in [0.25, 0.3) is 11.6 Å². The monoisotopic (exact) mass is 493 g/mol. The number of ether oxygens (including phenoxy) is 1. The summed E-state index contributed by atoms with van der Waals surface area (Å²) in [6, 6.07) is 16.4. The fourth-order valence-electron chi connectivity index (χ4n) is 4.10. The zero-order valence-electron chi connectivity index (χ0n) is 18.9. The third kappa shape index (κ3) is 5.38. The van der Waals surface area contributed by atoms with Gasteiger partial charge in [-0.05, 0) is 43.0 Å². The molecule has 1 aromatic heterocycles. The molecule has 0 aliphatic carbocycles. The van der Waals surface area contributed by atoms with Gasteiger partial charge in [-0.25, -0.2) is 0 Å². The van der Waals surface area contributed by atoms with Crippen molar-refractivity contribution in [3.63, 3.8) is 0 Å². The third-order valence-electron chi connectivity index (χ3n) is 5.77. The van der Waals surface area contributed by atoms with Crippen molar-refractivity contribution in [1.29, 1.82) is 0 Å². The predicted molar refractivity (Wildman–Crippen MR) is 131 cm³/mol.